The van der Waals surface area contributed by atoms with E-state index in [9.17, 15) is 4.79 Å². The van der Waals surface area contributed by atoms with Crippen LogP contribution in [0.3, 0.4) is 0 Å². The first-order valence-corrected chi connectivity index (χ1v) is 5.57. The second kappa shape index (κ2) is 3.86. The summed E-state index contributed by atoms with van der Waals surface area (Å²) in [6, 6.07) is 10.2. The van der Waals surface area contributed by atoms with Crippen LogP contribution in [0.4, 0.5) is 0 Å². The van der Waals surface area contributed by atoms with Gasteiger partial charge >= 0.3 is 0 Å². The summed E-state index contributed by atoms with van der Waals surface area (Å²) in [4.78, 5) is 13.4. The average Bonchev–Trinajstić information content (AvgIpc) is 2.25. The molecule has 1 aliphatic rings. The number of amides is 1. The van der Waals surface area contributed by atoms with E-state index < -0.39 is 5.38 Å². The van der Waals surface area contributed by atoms with E-state index in [1.54, 1.807) is 0 Å². The Morgan fingerprint density at radius 1 is 1.27 bits per heavy atom. The lowest BCUT2D eigenvalue weighted by Crippen LogP contribution is -2.58. The van der Waals surface area contributed by atoms with Gasteiger partial charge in [0.25, 0.3) is 0 Å². The van der Waals surface area contributed by atoms with Crippen LogP contribution >= 0.6 is 11.6 Å². The minimum absolute atomic E-state index is 0.0420. The predicted molar refractivity (Wildman–Crippen MR) is 60.8 cm³/mol. The summed E-state index contributed by atoms with van der Waals surface area (Å²) in [6.45, 7) is 4.02. The molecule has 1 aromatic carbocycles. The Hall–Kier alpha value is -1.02. The van der Waals surface area contributed by atoms with E-state index in [0.717, 1.165) is 5.56 Å². The molecule has 0 bridgehead atoms. The van der Waals surface area contributed by atoms with Crippen LogP contribution in [-0.4, -0.2) is 22.2 Å². The number of alkyl halides is 1. The van der Waals surface area contributed by atoms with Gasteiger partial charge in [0.15, 0.2) is 0 Å². The number of benzene rings is 1. The monoisotopic (exact) mass is 223 g/mol. The summed E-state index contributed by atoms with van der Waals surface area (Å²) >= 11 is 6.05. The van der Waals surface area contributed by atoms with Crippen LogP contribution in [0.5, 0.6) is 0 Å². The molecule has 0 unspecified atom stereocenters. The molecule has 2 nitrogen and oxygen atoms in total. The number of β-lactam (4-membered cyclic amide) rings is 1. The lowest BCUT2D eigenvalue weighted by molar-refractivity contribution is -0.148. The molecule has 0 saturated carbocycles. The van der Waals surface area contributed by atoms with Crippen LogP contribution in [0.1, 0.15) is 25.5 Å². The van der Waals surface area contributed by atoms with Crippen LogP contribution in [0.2, 0.25) is 0 Å². The fourth-order valence-corrected chi connectivity index (χ4v) is 2.41. The first-order chi connectivity index (χ1) is 7.13. The second-order valence-electron chi connectivity index (χ2n) is 4.10. The minimum Gasteiger partial charge on any atom is -0.330 e. The van der Waals surface area contributed by atoms with Crippen LogP contribution in [0, 0.1) is 0 Å². The Labute approximate surface area is 94.8 Å². The second-order valence-corrected chi connectivity index (χ2v) is 4.57. The van der Waals surface area contributed by atoms with Gasteiger partial charge in [-0.3, -0.25) is 4.79 Å². The fraction of sp³-hybridized carbons (Fsp3) is 0.417. The molecule has 1 heterocycles. The first-order valence-electron chi connectivity index (χ1n) is 5.14. The standard InChI is InChI=1S/C12H14ClNO/c1-8(2)14-11(10(13)12(14)15)9-6-4-3-5-7-9/h3-8,10-11H,1-2H3/t10-,11+/m0/s1. The van der Waals surface area contributed by atoms with Gasteiger partial charge in [-0.05, 0) is 19.4 Å². The molecular weight excluding hydrogens is 210 g/mol. The molecule has 2 atom stereocenters. The van der Waals surface area contributed by atoms with Gasteiger partial charge in [0, 0.05) is 6.04 Å². The highest BCUT2D eigenvalue weighted by Gasteiger charge is 2.47. The summed E-state index contributed by atoms with van der Waals surface area (Å²) in [5, 5.41) is -0.394. The van der Waals surface area contributed by atoms with Crippen molar-refractivity contribution in [2.45, 2.75) is 31.3 Å². The van der Waals surface area contributed by atoms with E-state index in [1.807, 2.05) is 49.1 Å². The lowest BCUT2D eigenvalue weighted by atomic mass is 9.92. The molecule has 15 heavy (non-hydrogen) atoms. The SMILES string of the molecule is CC(C)N1C(=O)[C@@H](Cl)[C@H]1c1ccccc1. The quantitative estimate of drug-likeness (QED) is 0.558. The summed E-state index contributed by atoms with van der Waals surface area (Å²) in [6.07, 6.45) is 0. The average molecular weight is 224 g/mol. The van der Waals surface area contributed by atoms with Gasteiger partial charge in [-0.15, -0.1) is 11.6 Å². The molecule has 0 aliphatic carbocycles. The topological polar surface area (TPSA) is 20.3 Å². The number of halogens is 1. The normalized spacial score (nSPS) is 25.6. The van der Waals surface area contributed by atoms with Gasteiger partial charge in [-0.2, -0.15) is 0 Å². The van der Waals surface area contributed by atoms with Crippen LogP contribution < -0.4 is 0 Å². The van der Waals surface area contributed by atoms with E-state index in [-0.39, 0.29) is 18.0 Å². The van der Waals surface area contributed by atoms with Crippen molar-refractivity contribution in [2.75, 3.05) is 0 Å². The molecule has 80 valence electrons. The van der Waals surface area contributed by atoms with Crippen LogP contribution in [0.15, 0.2) is 30.3 Å². The van der Waals surface area contributed by atoms with E-state index in [4.69, 9.17) is 11.6 Å². The van der Waals surface area contributed by atoms with Gasteiger partial charge in [0.05, 0.1) is 6.04 Å². The highest BCUT2D eigenvalue weighted by molar-refractivity contribution is 6.33. The van der Waals surface area contributed by atoms with Crippen molar-refractivity contribution in [1.29, 1.82) is 0 Å². The third-order valence-electron chi connectivity index (χ3n) is 2.76. The highest BCUT2D eigenvalue weighted by Crippen LogP contribution is 2.39. The number of rotatable bonds is 2. The third kappa shape index (κ3) is 1.63. The van der Waals surface area contributed by atoms with Gasteiger partial charge in [-0.1, -0.05) is 30.3 Å². The number of nitrogens with zero attached hydrogens (tertiary/aromatic N) is 1. The number of hydrogen-bond donors (Lipinski definition) is 0. The predicted octanol–water partition coefficient (Wildman–Crippen LogP) is 2.59. The van der Waals surface area contributed by atoms with E-state index in [1.165, 1.54) is 0 Å². The summed E-state index contributed by atoms with van der Waals surface area (Å²) in [7, 11) is 0. The van der Waals surface area contributed by atoms with Crippen molar-refractivity contribution in [2.24, 2.45) is 0 Å². The van der Waals surface area contributed by atoms with Crippen molar-refractivity contribution in [3.63, 3.8) is 0 Å². The zero-order valence-corrected chi connectivity index (χ0v) is 9.61. The Balaban J connectivity index is 2.26. The molecule has 0 radical (unpaired) electrons. The van der Waals surface area contributed by atoms with Crippen molar-refractivity contribution in [3.8, 4) is 0 Å². The van der Waals surface area contributed by atoms with Gasteiger partial charge < -0.3 is 4.90 Å². The number of hydrogen-bond acceptors (Lipinski definition) is 1. The largest absolute Gasteiger partial charge is 0.330 e. The summed E-state index contributed by atoms with van der Waals surface area (Å²) in [5.74, 6) is 0.0421. The minimum atomic E-state index is -0.394. The van der Waals surface area contributed by atoms with E-state index in [0.29, 0.717) is 0 Å². The molecule has 3 heteroatoms. The molecular formula is C12H14ClNO. The maximum absolute atomic E-state index is 11.6. The first kappa shape index (κ1) is 10.5. The van der Waals surface area contributed by atoms with Crippen LogP contribution in [-0.2, 0) is 4.79 Å². The number of likely N-dealkylation sites (tertiary alicyclic amines) is 1. The van der Waals surface area contributed by atoms with Crippen molar-refractivity contribution < 1.29 is 4.79 Å². The molecule has 0 spiro atoms. The molecule has 1 amide bonds. The highest BCUT2D eigenvalue weighted by atomic mass is 35.5. The third-order valence-corrected chi connectivity index (χ3v) is 3.19. The Morgan fingerprint density at radius 2 is 1.87 bits per heavy atom. The maximum atomic E-state index is 11.6. The lowest BCUT2D eigenvalue weighted by Gasteiger charge is -2.47. The van der Waals surface area contributed by atoms with E-state index >= 15 is 0 Å². The van der Waals surface area contributed by atoms with Gasteiger partial charge in [-0.25, -0.2) is 0 Å². The maximum Gasteiger partial charge on any atom is 0.243 e. The molecule has 2 rings (SSSR count). The van der Waals surface area contributed by atoms with Crippen molar-refractivity contribution in [1.82, 2.24) is 4.90 Å². The summed E-state index contributed by atoms with van der Waals surface area (Å²) < 4.78 is 0. The molecule has 0 aromatic heterocycles. The Kier molecular flexibility index (Phi) is 2.70. The van der Waals surface area contributed by atoms with E-state index in [2.05, 4.69) is 0 Å². The molecule has 1 aliphatic heterocycles. The smallest absolute Gasteiger partial charge is 0.243 e. The van der Waals surface area contributed by atoms with Gasteiger partial charge in [0.1, 0.15) is 5.38 Å². The van der Waals surface area contributed by atoms with Crippen LogP contribution in [0.25, 0.3) is 0 Å². The summed E-state index contributed by atoms with van der Waals surface area (Å²) in [5.41, 5.74) is 1.12. The molecule has 1 fully saturated rings. The number of carbonyl (C=O) groups is 1. The number of carbonyl (C=O) groups excluding carboxylic acids is 1. The Bertz CT molecular complexity index is 363. The van der Waals surface area contributed by atoms with Gasteiger partial charge in [0.2, 0.25) is 5.91 Å². The van der Waals surface area contributed by atoms with Crippen molar-refractivity contribution in [3.05, 3.63) is 35.9 Å². The molecule has 1 aromatic rings. The zero-order valence-electron chi connectivity index (χ0n) is 8.85. The zero-order chi connectivity index (χ0) is 11.0. The molecule has 0 N–H and O–H groups in total. The fourth-order valence-electron chi connectivity index (χ4n) is 2.03. The Morgan fingerprint density at radius 3 is 2.40 bits per heavy atom. The molecule has 1 saturated heterocycles. The van der Waals surface area contributed by atoms with Crippen molar-refractivity contribution >= 4 is 17.5 Å².